The molecule has 30 heavy (non-hydrogen) atoms. The van der Waals surface area contributed by atoms with Crippen LogP contribution in [0.1, 0.15) is 31.2 Å². The first-order valence-corrected chi connectivity index (χ1v) is 11.7. The topological polar surface area (TPSA) is 42.9 Å². The number of halogens is 1. The SMILES string of the molecule is CN=C(NCCCCN1CCN(c2ccccc2)CC1)NCC(C)c1ccsc1.I. The number of nitrogens with one attached hydrogen (secondary N) is 2. The Morgan fingerprint density at radius 1 is 1.07 bits per heavy atom. The maximum Gasteiger partial charge on any atom is 0.190 e. The van der Waals surface area contributed by atoms with Crippen molar-refractivity contribution in [3.05, 3.63) is 52.7 Å². The van der Waals surface area contributed by atoms with E-state index in [9.17, 15) is 0 Å². The average molecular weight is 542 g/mol. The summed E-state index contributed by atoms with van der Waals surface area (Å²) in [5.41, 5.74) is 2.74. The Kier molecular flexibility index (Phi) is 11.5. The van der Waals surface area contributed by atoms with Gasteiger partial charge in [-0.3, -0.25) is 9.89 Å². The predicted molar refractivity (Wildman–Crippen MR) is 142 cm³/mol. The molecule has 2 N–H and O–H groups in total. The van der Waals surface area contributed by atoms with Crippen LogP contribution in [-0.2, 0) is 0 Å². The van der Waals surface area contributed by atoms with E-state index in [-0.39, 0.29) is 24.0 Å². The zero-order valence-corrected chi connectivity index (χ0v) is 21.4. The molecule has 0 aliphatic carbocycles. The lowest BCUT2D eigenvalue weighted by Crippen LogP contribution is -2.46. The number of unbranched alkanes of at least 4 members (excludes halogenated alkanes) is 1. The molecule has 1 aliphatic heterocycles. The Morgan fingerprint density at radius 2 is 1.83 bits per heavy atom. The van der Waals surface area contributed by atoms with E-state index >= 15 is 0 Å². The van der Waals surface area contributed by atoms with Crippen molar-refractivity contribution in [2.45, 2.75) is 25.7 Å². The molecular formula is C23H36IN5S. The Hall–Kier alpha value is -1.32. The molecule has 2 aromatic rings. The summed E-state index contributed by atoms with van der Waals surface area (Å²) in [5, 5.41) is 11.3. The van der Waals surface area contributed by atoms with Crippen LogP contribution in [0.4, 0.5) is 5.69 Å². The van der Waals surface area contributed by atoms with E-state index in [1.54, 1.807) is 11.3 Å². The fraction of sp³-hybridized carbons (Fsp3) is 0.522. The molecule has 1 unspecified atom stereocenters. The summed E-state index contributed by atoms with van der Waals surface area (Å²) in [6, 6.07) is 13.0. The summed E-state index contributed by atoms with van der Waals surface area (Å²) < 4.78 is 0. The number of thiophene rings is 1. The zero-order valence-electron chi connectivity index (χ0n) is 18.2. The van der Waals surface area contributed by atoms with Crippen molar-refractivity contribution in [2.75, 3.05) is 57.8 Å². The standard InChI is InChI=1S/C23H35N5S.HI/c1-20(21-10-17-29-19-21)18-26-23(24-2)25-11-6-7-12-27-13-15-28(16-14-27)22-8-4-3-5-9-22;/h3-5,8-10,17,19-20H,6-7,11-16,18H2,1-2H3,(H2,24,25,26);1H. The third kappa shape index (κ3) is 8.07. The summed E-state index contributed by atoms with van der Waals surface area (Å²) in [4.78, 5) is 9.43. The predicted octanol–water partition coefficient (Wildman–Crippen LogP) is 4.24. The number of nitrogens with zero attached hydrogens (tertiary/aromatic N) is 3. The Morgan fingerprint density at radius 3 is 2.50 bits per heavy atom. The first-order valence-electron chi connectivity index (χ1n) is 10.7. The molecule has 2 heterocycles. The quantitative estimate of drug-likeness (QED) is 0.216. The molecule has 0 amide bonds. The molecule has 1 aromatic carbocycles. The van der Waals surface area contributed by atoms with Crippen LogP contribution < -0.4 is 15.5 Å². The number of aliphatic imine (C=N–C) groups is 1. The number of piperazine rings is 1. The monoisotopic (exact) mass is 541 g/mol. The zero-order chi connectivity index (χ0) is 20.3. The van der Waals surface area contributed by atoms with E-state index < -0.39 is 0 Å². The molecule has 0 bridgehead atoms. The van der Waals surface area contributed by atoms with E-state index in [1.165, 1.54) is 30.6 Å². The van der Waals surface area contributed by atoms with Crippen molar-refractivity contribution in [3.63, 3.8) is 0 Å². The second kappa shape index (κ2) is 13.9. The van der Waals surface area contributed by atoms with Crippen molar-refractivity contribution in [3.8, 4) is 0 Å². The summed E-state index contributed by atoms with van der Waals surface area (Å²) in [7, 11) is 1.84. The minimum absolute atomic E-state index is 0. The Balaban J connectivity index is 0.00000320. The molecule has 0 radical (unpaired) electrons. The highest BCUT2D eigenvalue weighted by molar-refractivity contribution is 14.0. The van der Waals surface area contributed by atoms with Gasteiger partial charge in [-0.25, -0.2) is 0 Å². The normalized spacial score (nSPS) is 16.1. The molecular weight excluding hydrogens is 505 g/mol. The third-order valence-electron chi connectivity index (χ3n) is 5.60. The van der Waals surface area contributed by atoms with Crippen molar-refractivity contribution in [1.82, 2.24) is 15.5 Å². The van der Waals surface area contributed by atoms with Crippen LogP contribution in [0.2, 0.25) is 0 Å². The van der Waals surface area contributed by atoms with Gasteiger partial charge in [0.05, 0.1) is 0 Å². The molecule has 1 aromatic heterocycles. The van der Waals surface area contributed by atoms with Crippen LogP contribution in [0.25, 0.3) is 0 Å². The van der Waals surface area contributed by atoms with Gasteiger partial charge in [-0.05, 0) is 59.8 Å². The fourth-order valence-electron chi connectivity index (χ4n) is 3.68. The van der Waals surface area contributed by atoms with Crippen molar-refractivity contribution >= 4 is 47.0 Å². The van der Waals surface area contributed by atoms with Crippen LogP contribution in [0, 0.1) is 0 Å². The Bertz CT molecular complexity index is 714. The lowest BCUT2D eigenvalue weighted by molar-refractivity contribution is 0.253. The molecule has 1 atom stereocenters. The lowest BCUT2D eigenvalue weighted by atomic mass is 10.1. The lowest BCUT2D eigenvalue weighted by Gasteiger charge is -2.36. The minimum Gasteiger partial charge on any atom is -0.369 e. The first kappa shape index (κ1) is 24.9. The fourth-order valence-corrected chi connectivity index (χ4v) is 4.46. The molecule has 7 heteroatoms. The molecule has 0 saturated carbocycles. The second-order valence-electron chi connectivity index (χ2n) is 7.71. The number of benzene rings is 1. The molecule has 5 nitrogen and oxygen atoms in total. The molecule has 1 aliphatic rings. The molecule has 1 saturated heterocycles. The molecule has 0 spiro atoms. The highest BCUT2D eigenvalue weighted by Crippen LogP contribution is 2.17. The van der Waals surface area contributed by atoms with Gasteiger partial charge in [-0.2, -0.15) is 11.3 Å². The van der Waals surface area contributed by atoms with Crippen molar-refractivity contribution in [2.24, 2.45) is 4.99 Å². The van der Waals surface area contributed by atoms with Crippen molar-refractivity contribution in [1.29, 1.82) is 0 Å². The smallest absolute Gasteiger partial charge is 0.190 e. The van der Waals surface area contributed by atoms with Gasteiger partial charge >= 0.3 is 0 Å². The summed E-state index contributed by atoms with van der Waals surface area (Å²) in [6.45, 7) is 9.88. The maximum absolute atomic E-state index is 4.35. The van der Waals surface area contributed by atoms with E-state index in [4.69, 9.17) is 0 Å². The minimum atomic E-state index is 0. The first-order chi connectivity index (χ1) is 14.3. The molecule has 166 valence electrons. The summed E-state index contributed by atoms with van der Waals surface area (Å²) in [5.74, 6) is 1.40. The number of hydrogen-bond acceptors (Lipinski definition) is 4. The summed E-state index contributed by atoms with van der Waals surface area (Å²) in [6.07, 6.45) is 2.39. The number of hydrogen-bond donors (Lipinski definition) is 2. The van der Waals surface area contributed by atoms with Crippen LogP contribution >= 0.6 is 35.3 Å². The number of rotatable bonds is 9. The van der Waals surface area contributed by atoms with Gasteiger partial charge in [-0.1, -0.05) is 25.1 Å². The van der Waals surface area contributed by atoms with Gasteiger partial charge in [0.1, 0.15) is 0 Å². The Labute approximate surface area is 203 Å². The van der Waals surface area contributed by atoms with Gasteiger partial charge in [0.25, 0.3) is 0 Å². The molecule has 1 fully saturated rings. The van der Waals surface area contributed by atoms with E-state index in [0.717, 1.165) is 45.2 Å². The second-order valence-corrected chi connectivity index (χ2v) is 8.49. The van der Waals surface area contributed by atoms with Crippen molar-refractivity contribution < 1.29 is 0 Å². The van der Waals surface area contributed by atoms with E-state index in [1.807, 2.05) is 7.05 Å². The van der Waals surface area contributed by atoms with Gasteiger partial charge < -0.3 is 15.5 Å². The number of para-hydroxylation sites is 1. The summed E-state index contributed by atoms with van der Waals surface area (Å²) >= 11 is 1.76. The van der Waals surface area contributed by atoms with Gasteiger partial charge in [-0.15, -0.1) is 24.0 Å². The van der Waals surface area contributed by atoms with E-state index in [2.05, 4.69) is 79.5 Å². The van der Waals surface area contributed by atoms with E-state index in [0.29, 0.717) is 5.92 Å². The van der Waals surface area contributed by atoms with Gasteiger partial charge in [0.15, 0.2) is 5.96 Å². The number of anilines is 1. The van der Waals surface area contributed by atoms with Crippen LogP contribution in [0.3, 0.4) is 0 Å². The van der Waals surface area contributed by atoms with Crippen LogP contribution in [0.15, 0.2) is 52.2 Å². The van der Waals surface area contributed by atoms with Crippen LogP contribution in [0.5, 0.6) is 0 Å². The number of guanidine groups is 1. The highest BCUT2D eigenvalue weighted by Gasteiger charge is 2.16. The molecule has 3 rings (SSSR count). The highest BCUT2D eigenvalue weighted by atomic mass is 127. The van der Waals surface area contributed by atoms with Crippen LogP contribution in [-0.4, -0.2) is 63.7 Å². The average Bonchev–Trinajstić information content (AvgIpc) is 3.31. The van der Waals surface area contributed by atoms with Gasteiger partial charge in [0.2, 0.25) is 0 Å². The third-order valence-corrected chi connectivity index (χ3v) is 6.30. The van der Waals surface area contributed by atoms with Gasteiger partial charge in [0, 0.05) is 52.0 Å². The largest absolute Gasteiger partial charge is 0.369 e. The maximum atomic E-state index is 4.35.